The highest BCUT2D eigenvalue weighted by molar-refractivity contribution is 6.01. The highest BCUT2D eigenvalue weighted by Crippen LogP contribution is 2.23. The van der Waals surface area contributed by atoms with E-state index in [4.69, 9.17) is 10.2 Å². The second kappa shape index (κ2) is 6.69. The van der Waals surface area contributed by atoms with E-state index < -0.39 is 24.7 Å². The Morgan fingerprint density at radius 1 is 1.38 bits per heavy atom. The molecule has 0 radical (unpaired) electrons. The monoisotopic (exact) mass is 292 g/mol. The van der Waals surface area contributed by atoms with E-state index in [0.29, 0.717) is 12.0 Å². The third-order valence-corrected chi connectivity index (χ3v) is 3.71. The number of aliphatic hydroxyl groups excluding tert-OH is 1. The molecule has 0 aliphatic carbocycles. The first-order valence-electron chi connectivity index (χ1n) is 7.07. The summed E-state index contributed by atoms with van der Waals surface area (Å²) in [6.45, 7) is 2.13. The van der Waals surface area contributed by atoms with Gasteiger partial charge in [0, 0.05) is 17.8 Å². The van der Waals surface area contributed by atoms with Crippen LogP contribution in [0.15, 0.2) is 18.2 Å². The molecular weight excluding hydrogens is 272 g/mol. The Morgan fingerprint density at radius 3 is 2.76 bits per heavy atom. The number of rotatable bonds is 7. The number of aliphatic carboxylic acids is 1. The molecule has 2 rings (SSSR count). The van der Waals surface area contributed by atoms with Crippen LogP contribution in [-0.4, -0.2) is 47.2 Å². The van der Waals surface area contributed by atoms with Crippen molar-refractivity contribution in [1.29, 1.82) is 0 Å². The van der Waals surface area contributed by atoms with Crippen molar-refractivity contribution in [1.82, 2.24) is 5.32 Å². The molecular formula is C15H20N2O4. The van der Waals surface area contributed by atoms with Gasteiger partial charge in [0.15, 0.2) is 5.78 Å². The van der Waals surface area contributed by atoms with Crippen molar-refractivity contribution in [2.75, 3.05) is 18.5 Å². The normalized spacial score (nSPS) is 15.9. The Morgan fingerprint density at radius 2 is 2.14 bits per heavy atom. The van der Waals surface area contributed by atoms with E-state index in [1.165, 1.54) is 0 Å². The van der Waals surface area contributed by atoms with Gasteiger partial charge >= 0.3 is 5.97 Å². The Hall–Kier alpha value is -1.92. The van der Waals surface area contributed by atoms with Crippen molar-refractivity contribution in [2.45, 2.75) is 31.8 Å². The first-order chi connectivity index (χ1) is 10.1. The van der Waals surface area contributed by atoms with Crippen LogP contribution in [-0.2, 0) is 11.2 Å². The third-order valence-electron chi connectivity index (χ3n) is 3.71. The quantitative estimate of drug-likeness (QED) is 0.551. The largest absolute Gasteiger partial charge is 0.480 e. The van der Waals surface area contributed by atoms with Crippen molar-refractivity contribution < 1.29 is 19.8 Å². The lowest BCUT2D eigenvalue weighted by atomic mass is 9.98. The van der Waals surface area contributed by atoms with Crippen LogP contribution in [0.4, 0.5) is 5.69 Å². The zero-order valence-corrected chi connectivity index (χ0v) is 11.9. The number of Topliss-reactive ketones (excluding diaryl/α,β-unsaturated/α-hetero) is 1. The van der Waals surface area contributed by atoms with Crippen LogP contribution in [0.25, 0.3) is 0 Å². The number of hydrogen-bond donors (Lipinski definition) is 4. The first-order valence-corrected chi connectivity index (χ1v) is 7.07. The van der Waals surface area contributed by atoms with Gasteiger partial charge in [-0.1, -0.05) is 6.92 Å². The van der Waals surface area contributed by atoms with E-state index in [0.717, 1.165) is 24.2 Å². The van der Waals surface area contributed by atoms with E-state index in [1.54, 1.807) is 13.0 Å². The second-order valence-corrected chi connectivity index (χ2v) is 5.11. The van der Waals surface area contributed by atoms with Crippen molar-refractivity contribution in [3.63, 3.8) is 0 Å². The SMILES string of the molecule is CCC(NC(CO)C(=O)O)C(=O)c1ccc2c(c1)CCN2. The lowest BCUT2D eigenvalue weighted by Crippen LogP contribution is -2.48. The van der Waals surface area contributed by atoms with Gasteiger partial charge in [0.2, 0.25) is 0 Å². The minimum Gasteiger partial charge on any atom is -0.480 e. The minimum absolute atomic E-state index is 0.146. The van der Waals surface area contributed by atoms with Crippen LogP contribution in [0.3, 0.4) is 0 Å². The maximum Gasteiger partial charge on any atom is 0.323 e. The van der Waals surface area contributed by atoms with Crippen molar-refractivity contribution in [2.24, 2.45) is 0 Å². The molecule has 0 amide bonds. The number of ketones is 1. The van der Waals surface area contributed by atoms with Crippen LogP contribution in [0.2, 0.25) is 0 Å². The highest BCUT2D eigenvalue weighted by atomic mass is 16.4. The molecule has 0 spiro atoms. The fourth-order valence-corrected chi connectivity index (χ4v) is 2.48. The molecule has 0 aromatic heterocycles. The zero-order chi connectivity index (χ0) is 15.4. The summed E-state index contributed by atoms with van der Waals surface area (Å²) in [6.07, 6.45) is 1.34. The standard InChI is InChI=1S/C15H20N2O4/c1-2-11(17-13(8-18)15(20)21)14(19)10-3-4-12-9(7-10)5-6-16-12/h3-4,7,11,13,16-18H,2,5-6,8H2,1H3,(H,20,21). The molecule has 0 fully saturated rings. The molecule has 1 aliphatic rings. The zero-order valence-electron chi connectivity index (χ0n) is 11.9. The fourth-order valence-electron chi connectivity index (χ4n) is 2.48. The summed E-state index contributed by atoms with van der Waals surface area (Å²) in [5.41, 5.74) is 2.72. The summed E-state index contributed by atoms with van der Waals surface area (Å²) in [5, 5.41) is 23.9. The van der Waals surface area contributed by atoms with Gasteiger partial charge in [-0.15, -0.1) is 0 Å². The van der Waals surface area contributed by atoms with Gasteiger partial charge in [-0.2, -0.15) is 0 Å². The van der Waals surface area contributed by atoms with Gasteiger partial charge in [-0.3, -0.25) is 14.9 Å². The maximum absolute atomic E-state index is 12.5. The molecule has 114 valence electrons. The number of carboxylic acids is 1. The Bertz CT molecular complexity index is 544. The molecule has 0 saturated heterocycles. The lowest BCUT2D eigenvalue weighted by Gasteiger charge is -2.20. The molecule has 1 aromatic carbocycles. The first kappa shape index (κ1) is 15.5. The van der Waals surface area contributed by atoms with E-state index in [1.807, 2.05) is 12.1 Å². The van der Waals surface area contributed by atoms with Gasteiger partial charge in [-0.25, -0.2) is 0 Å². The predicted molar refractivity (Wildman–Crippen MR) is 78.7 cm³/mol. The van der Waals surface area contributed by atoms with Gasteiger partial charge in [0.05, 0.1) is 12.6 Å². The Labute approximate surface area is 123 Å². The molecule has 0 saturated carbocycles. The summed E-state index contributed by atoms with van der Waals surface area (Å²) in [7, 11) is 0. The maximum atomic E-state index is 12.5. The Kier molecular flexibility index (Phi) is 4.93. The summed E-state index contributed by atoms with van der Waals surface area (Å²) in [5.74, 6) is -1.31. The molecule has 1 aliphatic heterocycles. The smallest absolute Gasteiger partial charge is 0.323 e. The molecule has 1 aromatic rings. The number of hydrogen-bond acceptors (Lipinski definition) is 5. The second-order valence-electron chi connectivity index (χ2n) is 5.11. The van der Waals surface area contributed by atoms with Crippen LogP contribution in [0.1, 0.15) is 29.3 Å². The number of carbonyl (C=O) groups excluding carboxylic acids is 1. The molecule has 6 heteroatoms. The number of fused-ring (bicyclic) bond motifs is 1. The highest BCUT2D eigenvalue weighted by Gasteiger charge is 2.25. The van der Waals surface area contributed by atoms with Gasteiger partial charge in [0.25, 0.3) is 0 Å². The number of anilines is 1. The van der Waals surface area contributed by atoms with E-state index in [9.17, 15) is 9.59 Å². The number of benzene rings is 1. The van der Waals surface area contributed by atoms with Crippen molar-refractivity contribution >= 4 is 17.4 Å². The van der Waals surface area contributed by atoms with Crippen LogP contribution in [0.5, 0.6) is 0 Å². The van der Waals surface area contributed by atoms with Crippen molar-refractivity contribution in [3.8, 4) is 0 Å². The van der Waals surface area contributed by atoms with Crippen LogP contribution in [0, 0.1) is 0 Å². The summed E-state index contributed by atoms with van der Waals surface area (Å²) in [6, 6.07) is 3.74. The van der Waals surface area contributed by atoms with Gasteiger partial charge in [-0.05, 0) is 36.6 Å². The molecule has 2 atom stereocenters. The number of nitrogens with one attached hydrogen (secondary N) is 2. The lowest BCUT2D eigenvalue weighted by molar-refractivity contribution is -0.140. The average molecular weight is 292 g/mol. The molecule has 0 bridgehead atoms. The van der Waals surface area contributed by atoms with Crippen LogP contribution >= 0.6 is 0 Å². The average Bonchev–Trinajstić information content (AvgIpc) is 2.94. The van der Waals surface area contributed by atoms with Crippen molar-refractivity contribution in [3.05, 3.63) is 29.3 Å². The summed E-state index contributed by atoms with van der Waals surface area (Å²) in [4.78, 5) is 23.4. The van der Waals surface area contributed by atoms with Gasteiger partial charge in [0.1, 0.15) is 6.04 Å². The fraction of sp³-hybridized carbons (Fsp3) is 0.467. The summed E-state index contributed by atoms with van der Waals surface area (Å²) >= 11 is 0. The minimum atomic E-state index is -1.16. The number of aliphatic hydroxyl groups is 1. The molecule has 2 unspecified atom stereocenters. The van der Waals surface area contributed by atoms with Gasteiger partial charge < -0.3 is 15.5 Å². The topological polar surface area (TPSA) is 98.7 Å². The van der Waals surface area contributed by atoms with E-state index in [2.05, 4.69) is 10.6 Å². The third kappa shape index (κ3) is 3.40. The molecule has 1 heterocycles. The predicted octanol–water partition coefficient (Wildman–Crippen LogP) is 0.651. The molecule has 6 nitrogen and oxygen atoms in total. The molecule has 4 N–H and O–H groups in total. The van der Waals surface area contributed by atoms with Crippen LogP contribution < -0.4 is 10.6 Å². The number of carboxylic acid groups (broad SMARTS) is 1. The summed E-state index contributed by atoms with van der Waals surface area (Å²) < 4.78 is 0. The van der Waals surface area contributed by atoms with E-state index in [-0.39, 0.29) is 5.78 Å². The van der Waals surface area contributed by atoms with E-state index >= 15 is 0 Å². The Balaban J connectivity index is 2.14. The molecule has 21 heavy (non-hydrogen) atoms. The number of carbonyl (C=O) groups is 2.